The van der Waals surface area contributed by atoms with Crippen molar-refractivity contribution in [1.82, 2.24) is 25.1 Å². The zero-order chi connectivity index (χ0) is 22.5. The Bertz CT molecular complexity index is 1220. The Kier molecular flexibility index (Phi) is 7.03. The number of anilines is 1. The number of nitrogens with one attached hydrogen (secondary N) is 2. The summed E-state index contributed by atoms with van der Waals surface area (Å²) in [6, 6.07) is 14.4. The number of fused-ring (bicyclic) bond motifs is 1. The molecule has 32 heavy (non-hydrogen) atoms. The molecule has 2 amide bonds. The van der Waals surface area contributed by atoms with Gasteiger partial charge in [-0.1, -0.05) is 46.8 Å². The third-order valence-corrected chi connectivity index (χ3v) is 6.76. The van der Waals surface area contributed by atoms with Crippen molar-refractivity contribution >= 4 is 61.9 Å². The maximum Gasteiger partial charge on any atom is 0.251 e. The highest BCUT2D eigenvalue weighted by Crippen LogP contribution is 2.25. The number of hydrogen-bond acceptors (Lipinski definition) is 7. The molecule has 0 fully saturated rings. The van der Waals surface area contributed by atoms with E-state index in [1.807, 2.05) is 35.9 Å². The van der Waals surface area contributed by atoms with Crippen molar-refractivity contribution in [2.24, 2.45) is 7.05 Å². The monoisotopic (exact) mass is 486 g/mol. The second-order valence-electron chi connectivity index (χ2n) is 6.79. The van der Waals surface area contributed by atoms with E-state index in [9.17, 15) is 9.59 Å². The summed E-state index contributed by atoms with van der Waals surface area (Å²) in [5.74, 6) is 0.573. The molecular formula is C21H19ClN6O2S2. The minimum Gasteiger partial charge on any atom is -0.352 e. The molecule has 0 spiro atoms. The number of benzene rings is 2. The van der Waals surface area contributed by atoms with Crippen LogP contribution in [0.5, 0.6) is 0 Å². The van der Waals surface area contributed by atoms with Crippen molar-refractivity contribution in [3.63, 3.8) is 0 Å². The van der Waals surface area contributed by atoms with Gasteiger partial charge in [0.1, 0.15) is 5.82 Å². The average molecular weight is 487 g/mol. The summed E-state index contributed by atoms with van der Waals surface area (Å²) in [4.78, 5) is 28.9. The Morgan fingerprint density at radius 2 is 1.91 bits per heavy atom. The molecule has 0 radical (unpaired) electrons. The fourth-order valence-electron chi connectivity index (χ4n) is 2.89. The van der Waals surface area contributed by atoms with Gasteiger partial charge in [-0.2, -0.15) is 0 Å². The molecule has 2 aromatic heterocycles. The van der Waals surface area contributed by atoms with Crippen LogP contribution >= 0.6 is 34.7 Å². The van der Waals surface area contributed by atoms with Gasteiger partial charge in [0.05, 0.1) is 16.0 Å². The zero-order valence-electron chi connectivity index (χ0n) is 17.0. The maximum atomic E-state index is 12.3. The molecule has 0 aliphatic rings. The Morgan fingerprint density at radius 1 is 1.12 bits per heavy atom. The van der Waals surface area contributed by atoms with Gasteiger partial charge in [0.25, 0.3) is 5.91 Å². The predicted octanol–water partition coefficient (Wildman–Crippen LogP) is 3.78. The normalized spacial score (nSPS) is 10.9. The minimum atomic E-state index is -0.176. The lowest BCUT2D eigenvalue weighted by atomic mass is 10.2. The number of aromatic nitrogens is 4. The van der Waals surface area contributed by atoms with E-state index < -0.39 is 0 Å². The fraction of sp³-hybridized carbons (Fsp3) is 0.190. The fourth-order valence-corrected chi connectivity index (χ4v) is 4.63. The lowest BCUT2D eigenvalue weighted by Gasteiger charge is -2.06. The van der Waals surface area contributed by atoms with Gasteiger partial charge in [-0.25, -0.2) is 4.98 Å². The van der Waals surface area contributed by atoms with E-state index in [2.05, 4.69) is 25.8 Å². The minimum absolute atomic E-state index is 0.158. The average Bonchev–Trinajstić information content (AvgIpc) is 3.35. The molecule has 8 nitrogen and oxygen atoms in total. The number of halogens is 1. The van der Waals surface area contributed by atoms with Gasteiger partial charge in [0, 0.05) is 30.6 Å². The van der Waals surface area contributed by atoms with Crippen LogP contribution in [0.2, 0.25) is 5.02 Å². The van der Waals surface area contributed by atoms with Crippen LogP contribution in [0.3, 0.4) is 0 Å². The van der Waals surface area contributed by atoms with Gasteiger partial charge < -0.3 is 15.2 Å². The Labute approximate surface area is 197 Å². The van der Waals surface area contributed by atoms with E-state index in [4.69, 9.17) is 11.6 Å². The molecule has 2 N–H and O–H groups in total. The smallest absolute Gasteiger partial charge is 0.251 e. The van der Waals surface area contributed by atoms with Crippen LogP contribution in [-0.4, -0.2) is 43.9 Å². The molecule has 4 aromatic rings. The molecule has 0 atom stereocenters. The van der Waals surface area contributed by atoms with Crippen molar-refractivity contribution < 1.29 is 9.59 Å². The standard InChI is InChI=1S/C21H19ClN6O2S2/c1-28-17(10-11-23-19(30)13-6-8-14(22)9-7-13)26-27-21(28)31-12-18(29)25-20-24-15-4-2-3-5-16(15)32-20/h2-9H,10-12H2,1H3,(H,23,30)(H,24,25,29). The number of carbonyl (C=O) groups is 2. The number of thiazole rings is 1. The number of amides is 2. The molecule has 0 aliphatic heterocycles. The summed E-state index contributed by atoms with van der Waals surface area (Å²) in [5, 5.41) is 15.8. The van der Waals surface area contributed by atoms with E-state index in [1.165, 1.54) is 23.1 Å². The first-order chi connectivity index (χ1) is 15.5. The van der Waals surface area contributed by atoms with E-state index in [0.717, 1.165) is 16.0 Å². The Balaban J connectivity index is 1.25. The van der Waals surface area contributed by atoms with Crippen LogP contribution < -0.4 is 10.6 Å². The molecule has 0 saturated heterocycles. The SMILES string of the molecule is Cn1c(CCNC(=O)c2ccc(Cl)cc2)nnc1SCC(=O)Nc1nc2ccccc2s1. The van der Waals surface area contributed by atoms with Crippen molar-refractivity contribution in [3.8, 4) is 0 Å². The predicted molar refractivity (Wildman–Crippen MR) is 127 cm³/mol. The number of thioether (sulfide) groups is 1. The van der Waals surface area contributed by atoms with E-state index in [1.54, 1.807) is 24.3 Å². The van der Waals surface area contributed by atoms with E-state index in [0.29, 0.717) is 33.8 Å². The molecule has 0 aliphatic carbocycles. The van der Waals surface area contributed by atoms with Crippen LogP contribution in [0, 0.1) is 0 Å². The first kappa shape index (κ1) is 22.3. The number of rotatable bonds is 8. The highest BCUT2D eigenvalue weighted by atomic mass is 35.5. The summed E-state index contributed by atoms with van der Waals surface area (Å²) >= 11 is 8.58. The van der Waals surface area contributed by atoms with Crippen molar-refractivity contribution in [3.05, 3.63) is 64.9 Å². The van der Waals surface area contributed by atoms with Crippen molar-refractivity contribution in [2.45, 2.75) is 11.6 Å². The molecule has 2 aromatic carbocycles. The molecule has 164 valence electrons. The second kappa shape index (κ2) is 10.1. The highest BCUT2D eigenvalue weighted by Gasteiger charge is 2.13. The van der Waals surface area contributed by atoms with Gasteiger partial charge in [0.15, 0.2) is 10.3 Å². The van der Waals surface area contributed by atoms with Gasteiger partial charge in [-0.15, -0.1) is 10.2 Å². The first-order valence-corrected chi connectivity index (χ1v) is 11.9. The van der Waals surface area contributed by atoms with Crippen molar-refractivity contribution in [1.29, 1.82) is 0 Å². The van der Waals surface area contributed by atoms with Crippen LogP contribution in [0.4, 0.5) is 5.13 Å². The van der Waals surface area contributed by atoms with Gasteiger partial charge in [-0.3, -0.25) is 9.59 Å². The summed E-state index contributed by atoms with van der Waals surface area (Å²) < 4.78 is 2.85. The van der Waals surface area contributed by atoms with Crippen LogP contribution in [-0.2, 0) is 18.3 Å². The lowest BCUT2D eigenvalue weighted by molar-refractivity contribution is -0.113. The Morgan fingerprint density at radius 3 is 2.69 bits per heavy atom. The molecule has 4 rings (SSSR count). The largest absolute Gasteiger partial charge is 0.352 e. The summed E-state index contributed by atoms with van der Waals surface area (Å²) in [7, 11) is 1.84. The van der Waals surface area contributed by atoms with Crippen molar-refractivity contribution in [2.75, 3.05) is 17.6 Å². The van der Waals surface area contributed by atoms with E-state index in [-0.39, 0.29) is 17.6 Å². The summed E-state index contributed by atoms with van der Waals surface area (Å²) in [6.45, 7) is 0.413. The first-order valence-electron chi connectivity index (χ1n) is 9.70. The number of hydrogen-bond donors (Lipinski definition) is 2. The molecule has 0 unspecified atom stereocenters. The van der Waals surface area contributed by atoms with Crippen LogP contribution in [0.25, 0.3) is 10.2 Å². The topological polar surface area (TPSA) is 102 Å². The quantitative estimate of drug-likeness (QED) is 0.367. The van der Waals surface area contributed by atoms with E-state index >= 15 is 0 Å². The molecular weight excluding hydrogens is 468 g/mol. The third kappa shape index (κ3) is 5.45. The molecule has 0 saturated carbocycles. The summed E-state index contributed by atoms with van der Waals surface area (Å²) in [6.07, 6.45) is 0.515. The third-order valence-electron chi connectivity index (χ3n) is 4.54. The number of para-hydroxylation sites is 1. The van der Waals surface area contributed by atoms with Crippen LogP contribution in [0.1, 0.15) is 16.2 Å². The highest BCUT2D eigenvalue weighted by molar-refractivity contribution is 7.99. The van der Waals surface area contributed by atoms with Gasteiger partial charge in [-0.05, 0) is 36.4 Å². The zero-order valence-corrected chi connectivity index (χ0v) is 19.4. The number of carbonyl (C=O) groups excluding carboxylic acids is 2. The van der Waals surface area contributed by atoms with Gasteiger partial charge >= 0.3 is 0 Å². The maximum absolute atomic E-state index is 12.3. The van der Waals surface area contributed by atoms with Crippen LogP contribution in [0.15, 0.2) is 53.7 Å². The Hall–Kier alpha value is -2.95. The summed E-state index contributed by atoms with van der Waals surface area (Å²) in [5.41, 5.74) is 1.41. The lowest BCUT2D eigenvalue weighted by Crippen LogP contribution is -2.26. The molecule has 11 heteroatoms. The van der Waals surface area contributed by atoms with Gasteiger partial charge in [0.2, 0.25) is 5.91 Å². The molecule has 2 heterocycles. The second-order valence-corrected chi connectivity index (χ2v) is 9.20. The number of nitrogens with zero attached hydrogens (tertiary/aromatic N) is 4. The molecule has 0 bridgehead atoms.